The maximum atomic E-state index is 13.0. The van der Waals surface area contributed by atoms with Crippen LogP contribution in [0.5, 0.6) is 0 Å². The predicted octanol–water partition coefficient (Wildman–Crippen LogP) is 3.19. The molecule has 1 aliphatic rings. The van der Waals surface area contributed by atoms with Crippen LogP contribution in [-0.2, 0) is 6.42 Å². The van der Waals surface area contributed by atoms with Crippen LogP contribution >= 0.6 is 11.3 Å². The van der Waals surface area contributed by atoms with E-state index < -0.39 is 0 Å². The van der Waals surface area contributed by atoms with Gasteiger partial charge in [-0.2, -0.15) is 0 Å². The Hall–Kier alpha value is -1.53. The molecule has 0 saturated carbocycles. The molecule has 0 N–H and O–H groups in total. The summed E-state index contributed by atoms with van der Waals surface area (Å²) in [6.45, 7) is 7.75. The summed E-state index contributed by atoms with van der Waals surface area (Å²) in [5, 5.41) is 10.7. The summed E-state index contributed by atoms with van der Waals surface area (Å²) in [5.74, 6) is -0.201. The lowest BCUT2D eigenvalue weighted by molar-refractivity contribution is 0.294. The van der Waals surface area contributed by atoms with Crippen molar-refractivity contribution in [3.8, 4) is 0 Å². The molecule has 4 nitrogen and oxygen atoms in total. The molecule has 6 heteroatoms. The zero-order valence-corrected chi connectivity index (χ0v) is 14.4. The first-order chi connectivity index (χ1) is 11.2. The Balaban J connectivity index is 1.61. The Labute approximate surface area is 141 Å². The Morgan fingerprint density at radius 2 is 1.91 bits per heavy atom. The lowest BCUT2D eigenvalue weighted by Crippen LogP contribution is -2.31. The van der Waals surface area contributed by atoms with Gasteiger partial charge in [0.25, 0.3) is 0 Å². The normalized spacial score (nSPS) is 16.5. The van der Waals surface area contributed by atoms with E-state index in [0.717, 1.165) is 35.3 Å². The van der Waals surface area contributed by atoms with Gasteiger partial charge in [-0.15, -0.1) is 10.2 Å². The summed E-state index contributed by atoms with van der Waals surface area (Å²) in [5.41, 5.74) is 1.07. The van der Waals surface area contributed by atoms with Gasteiger partial charge in [0, 0.05) is 26.1 Å². The van der Waals surface area contributed by atoms with E-state index >= 15 is 0 Å². The lowest BCUT2D eigenvalue weighted by atomic mass is 10.2. The molecular weight excluding hydrogens is 311 g/mol. The molecule has 0 bridgehead atoms. The summed E-state index contributed by atoms with van der Waals surface area (Å²) in [4.78, 5) is 4.88. The largest absolute Gasteiger partial charge is 0.345 e. The minimum Gasteiger partial charge on any atom is -0.345 e. The smallest absolute Gasteiger partial charge is 0.208 e. The maximum Gasteiger partial charge on any atom is 0.208 e. The van der Waals surface area contributed by atoms with Gasteiger partial charge in [-0.25, -0.2) is 4.39 Å². The number of rotatable bonds is 5. The average molecular weight is 334 g/mol. The van der Waals surface area contributed by atoms with Crippen LogP contribution in [0.3, 0.4) is 0 Å². The van der Waals surface area contributed by atoms with Crippen LogP contribution in [0.4, 0.5) is 9.52 Å². The Morgan fingerprint density at radius 3 is 2.70 bits per heavy atom. The van der Waals surface area contributed by atoms with E-state index in [1.807, 2.05) is 12.1 Å². The Bertz CT molecular complexity index is 613. The highest BCUT2D eigenvalue weighted by Gasteiger charge is 2.17. The van der Waals surface area contributed by atoms with Crippen LogP contribution in [0.2, 0.25) is 0 Å². The Kier molecular flexibility index (Phi) is 5.56. The van der Waals surface area contributed by atoms with E-state index in [1.165, 1.54) is 38.1 Å². The Morgan fingerprint density at radius 1 is 1.09 bits per heavy atom. The molecule has 0 unspecified atom stereocenters. The fourth-order valence-electron chi connectivity index (χ4n) is 2.92. The molecule has 1 aromatic carbocycles. The summed E-state index contributed by atoms with van der Waals surface area (Å²) >= 11 is 1.65. The van der Waals surface area contributed by atoms with Crippen molar-refractivity contribution in [2.24, 2.45) is 0 Å². The fraction of sp³-hybridized carbons (Fsp3) is 0.529. The zero-order valence-electron chi connectivity index (χ0n) is 13.5. The minimum atomic E-state index is -0.201. The van der Waals surface area contributed by atoms with Gasteiger partial charge in [-0.3, -0.25) is 0 Å². The van der Waals surface area contributed by atoms with Gasteiger partial charge in [0.05, 0.1) is 0 Å². The first-order valence-electron chi connectivity index (χ1n) is 8.28. The molecule has 1 fully saturated rings. The van der Waals surface area contributed by atoms with Crippen molar-refractivity contribution in [3.63, 3.8) is 0 Å². The summed E-state index contributed by atoms with van der Waals surface area (Å²) in [6.07, 6.45) is 3.10. The molecule has 0 amide bonds. The van der Waals surface area contributed by atoms with Crippen molar-refractivity contribution < 1.29 is 4.39 Å². The number of nitrogens with zero attached hydrogens (tertiary/aromatic N) is 4. The third kappa shape index (κ3) is 4.48. The van der Waals surface area contributed by atoms with Crippen molar-refractivity contribution in [1.29, 1.82) is 0 Å². The van der Waals surface area contributed by atoms with Crippen LogP contribution in [0.15, 0.2) is 24.3 Å². The first kappa shape index (κ1) is 16.3. The number of hydrogen-bond acceptors (Lipinski definition) is 5. The van der Waals surface area contributed by atoms with Gasteiger partial charge in [0.2, 0.25) is 5.13 Å². The molecular formula is C17H23FN4S. The van der Waals surface area contributed by atoms with Crippen LogP contribution in [-0.4, -0.2) is 47.8 Å². The van der Waals surface area contributed by atoms with Crippen LogP contribution in [0, 0.1) is 5.82 Å². The van der Waals surface area contributed by atoms with Crippen LogP contribution in [0.1, 0.15) is 30.3 Å². The van der Waals surface area contributed by atoms with Gasteiger partial charge in [0.1, 0.15) is 10.8 Å². The van der Waals surface area contributed by atoms with Gasteiger partial charge >= 0.3 is 0 Å². The molecule has 1 saturated heterocycles. The maximum absolute atomic E-state index is 13.0. The van der Waals surface area contributed by atoms with Crippen molar-refractivity contribution in [2.75, 3.05) is 37.6 Å². The highest BCUT2D eigenvalue weighted by molar-refractivity contribution is 7.15. The van der Waals surface area contributed by atoms with E-state index in [4.69, 9.17) is 0 Å². The monoisotopic (exact) mass is 334 g/mol. The minimum absolute atomic E-state index is 0.201. The molecule has 0 aliphatic carbocycles. The molecule has 1 aliphatic heterocycles. The van der Waals surface area contributed by atoms with E-state index in [9.17, 15) is 4.39 Å². The third-order valence-corrected chi connectivity index (χ3v) is 5.11. The molecule has 2 aromatic rings. The van der Waals surface area contributed by atoms with Crippen molar-refractivity contribution in [1.82, 2.24) is 15.1 Å². The summed E-state index contributed by atoms with van der Waals surface area (Å²) < 4.78 is 13.0. The molecule has 0 radical (unpaired) electrons. The topological polar surface area (TPSA) is 32.3 Å². The summed E-state index contributed by atoms with van der Waals surface area (Å²) in [6, 6.07) is 6.61. The van der Waals surface area contributed by atoms with Gasteiger partial charge < -0.3 is 9.80 Å². The van der Waals surface area contributed by atoms with Crippen molar-refractivity contribution >= 4 is 16.5 Å². The second-order valence-electron chi connectivity index (χ2n) is 5.96. The van der Waals surface area contributed by atoms with E-state index in [0.29, 0.717) is 6.42 Å². The highest BCUT2D eigenvalue weighted by Crippen LogP contribution is 2.23. The van der Waals surface area contributed by atoms with Gasteiger partial charge in [0.15, 0.2) is 0 Å². The number of anilines is 1. The molecule has 1 aromatic heterocycles. The predicted molar refractivity (Wildman–Crippen MR) is 92.7 cm³/mol. The van der Waals surface area contributed by atoms with Crippen molar-refractivity contribution in [2.45, 2.75) is 26.2 Å². The van der Waals surface area contributed by atoms with E-state index in [-0.39, 0.29) is 5.82 Å². The molecule has 0 spiro atoms. The fourth-order valence-corrected chi connectivity index (χ4v) is 3.85. The standard InChI is InChI=1S/C17H23FN4S/c1-2-8-21-9-3-10-22(12-11-21)17-20-19-16(23-17)13-14-4-6-15(18)7-5-14/h4-7H,2-3,8-13H2,1H3. The molecule has 124 valence electrons. The molecule has 23 heavy (non-hydrogen) atoms. The molecule has 0 atom stereocenters. The summed E-state index contributed by atoms with van der Waals surface area (Å²) in [7, 11) is 0. The average Bonchev–Trinajstić information content (AvgIpc) is 2.88. The van der Waals surface area contributed by atoms with Gasteiger partial charge in [-0.1, -0.05) is 30.4 Å². The number of benzene rings is 1. The van der Waals surface area contributed by atoms with Crippen LogP contribution in [0.25, 0.3) is 0 Å². The first-order valence-corrected chi connectivity index (χ1v) is 9.10. The molecule has 3 rings (SSSR count). The number of hydrogen-bond donors (Lipinski definition) is 0. The third-order valence-electron chi connectivity index (χ3n) is 4.12. The van der Waals surface area contributed by atoms with E-state index in [1.54, 1.807) is 11.3 Å². The highest BCUT2D eigenvalue weighted by atomic mass is 32.1. The van der Waals surface area contributed by atoms with Crippen molar-refractivity contribution in [3.05, 3.63) is 40.7 Å². The second kappa shape index (κ2) is 7.84. The quantitative estimate of drug-likeness (QED) is 0.840. The second-order valence-corrected chi connectivity index (χ2v) is 7.00. The zero-order chi connectivity index (χ0) is 16.1. The van der Waals surface area contributed by atoms with E-state index in [2.05, 4.69) is 26.9 Å². The number of halogens is 1. The lowest BCUT2D eigenvalue weighted by Gasteiger charge is -2.20. The number of aromatic nitrogens is 2. The van der Waals surface area contributed by atoms with Crippen LogP contribution < -0.4 is 4.90 Å². The SMILES string of the molecule is CCCN1CCCN(c2nnc(Cc3ccc(F)cc3)s2)CC1. The molecule has 2 heterocycles. The van der Waals surface area contributed by atoms with Gasteiger partial charge in [-0.05, 0) is 43.6 Å².